The van der Waals surface area contributed by atoms with Crippen molar-refractivity contribution in [2.24, 2.45) is 5.92 Å². The van der Waals surface area contributed by atoms with Crippen LogP contribution in [0.4, 0.5) is 4.79 Å². The second kappa shape index (κ2) is 13.8. The van der Waals surface area contributed by atoms with Crippen molar-refractivity contribution >= 4 is 12.1 Å². The third-order valence-electron chi connectivity index (χ3n) is 6.30. The van der Waals surface area contributed by atoms with Gasteiger partial charge in [0.25, 0.3) is 0 Å². The van der Waals surface area contributed by atoms with E-state index in [0.29, 0.717) is 30.9 Å². The standard InChI is InChI=1S/C28H41NO5/c1-6-8-9-11-21-17-24(30)27(23-16-20(5)13-14-22(23)19(3)4)25(18-21)34-28(32)29-15-10-12-26(31)33-7-2/h16-18,22-23,30H,3,6-15H2,1-2,4-5H3,(H,29,32)/t22-,23+/m0/s1. The van der Waals surface area contributed by atoms with Gasteiger partial charge in [0.1, 0.15) is 11.5 Å². The van der Waals surface area contributed by atoms with Gasteiger partial charge in [-0.3, -0.25) is 4.79 Å². The minimum Gasteiger partial charge on any atom is -0.507 e. The molecule has 0 spiro atoms. The number of phenols is 1. The van der Waals surface area contributed by atoms with Gasteiger partial charge in [-0.1, -0.05) is 43.6 Å². The molecular weight excluding hydrogens is 430 g/mol. The first kappa shape index (κ1) is 27.5. The van der Waals surface area contributed by atoms with Crippen LogP contribution in [-0.2, 0) is 16.0 Å². The Kier molecular flexibility index (Phi) is 11.2. The van der Waals surface area contributed by atoms with Gasteiger partial charge in [-0.2, -0.15) is 0 Å². The monoisotopic (exact) mass is 471 g/mol. The van der Waals surface area contributed by atoms with Crippen LogP contribution in [0.25, 0.3) is 0 Å². The molecule has 1 aliphatic rings. The molecular formula is C28H41NO5. The molecule has 2 atom stereocenters. The van der Waals surface area contributed by atoms with E-state index in [1.807, 2.05) is 19.1 Å². The lowest BCUT2D eigenvalue weighted by atomic mass is 9.73. The number of aromatic hydroxyl groups is 1. The van der Waals surface area contributed by atoms with Gasteiger partial charge < -0.3 is 19.9 Å². The highest BCUT2D eigenvalue weighted by Gasteiger charge is 2.31. The molecule has 1 aromatic rings. The Morgan fingerprint density at radius 3 is 2.65 bits per heavy atom. The largest absolute Gasteiger partial charge is 0.507 e. The molecule has 6 heteroatoms. The molecule has 1 aliphatic carbocycles. The molecule has 0 bridgehead atoms. The van der Waals surface area contributed by atoms with Crippen molar-refractivity contribution in [3.63, 3.8) is 0 Å². The average Bonchev–Trinajstić information content (AvgIpc) is 2.77. The number of benzene rings is 1. The summed E-state index contributed by atoms with van der Waals surface area (Å²) in [5.41, 5.74) is 3.88. The first-order valence-corrected chi connectivity index (χ1v) is 12.6. The van der Waals surface area contributed by atoms with Gasteiger partial charge in [0.05, 0.1) is 6.61 Å². The summed E-state index contributed by atoms with van der Waals surface area (Å²) in [6, 6.07) is 3.69. The topological polar surface area (TPSA) is 84.9 Å². The third kappa shape index (κ3) is 8.23. The third-order valence-corrected chi connectivity index (χ3v) is 6.30. The Morgan fingerprint density at radius 2 is 1.97 bits per heavy atom. The molecule has 0 radical (unpaired) electrons. The molecule has 0 saturated carbocycles. The molecule has 0 aromatic heterocycles. The van der Waals surface area contributed by atoms with Gasteiger partial charge in [0.2, 0.25) is 0 Å². The quantitative estimate of drug-likeness (QED) is 0.204. The van der Waals surface area contributed by atoms with Crippen molar-refractivity contribution in [1.82, 2.24) is 5.32 Å². The number of aryl methyl sites for hydroxylation is 1. The highest BCUT2D eigenvalue weighted by molar-refractivity contribution is 5.72. The highest BCUT2D eigenvalue weighted by Crippen LogP contribution is 2.47. The lowest BCUT2D eigenvalue weighted by Gasteiger charge is -2.32. The number of carbonyl (C=O) groups is 2. The fraction of sp³-hybridized carbons (Fsp3) is 0.571. The number of esters is 1. The molecule has 188 valence electrons. The van der Waals surface area contributed by atoms with E-state index in [-0.39, 0.29) is 30.0 Å². The van der Waals surface area contributed by atoms with Crippen molar-refractivity contribution in [3.05, 3.63) is 47.1 Å². The van der Waals surface area contributed by atoms with Crippen LogP contribution in [-0.4, -0.2) is 30.3 Å². The van der Waals surface area contributed by atoms with E-state index in [4.69, 9.17) is 9.47 Å². The maximum atomic E-state index is 12.6. The molecule has 2 rings (SSSR count). The van der Waals surface area contributed by atoms with Crippen molar-refractivity contribution in [1.29, 1.82) is 0 Å². The highest BCUT2D eigenvalue weighted by atomic mass is 16.6. The Hall–Kier alpha value is -2.76. The molecule has 0 heterocycles. The van der Waals surface area contributed by atoms with Crippen LogP contribution in [0, 0.1) is 5.92 Å². The minimum absolute atomic E-state index is 0.109. The average molecular weight is 472 g/mol. The maximum Gasteiger partial charge on any atom is 0.412 e. The summed E-state index contributed by atoms with van der Waals surface area (Å²) in [6.07, 6.45) is 8.22. The van der Waals surface area contributed by atoms with Crippen LogP contribution in [0.15, 0.2) is 35.9 Å². The van der Waals surface area contributed by atoms with Crippen molar-refractivity contribution in [2.45, 2.75) is 85.0 Å². The van der Waals surface area contributed by atoms with Crippen LogP contribution in [0.2, 0.25) is 0 Å². The zero-order chi connectivity index (χ0) is 25.1. The number of allylic oxidation sites excluding steroid dienone is 3. The van der Waals surface area contributed by atoms with Gasteiger partial charge in [-0.25, -0.2) is 4.79 Å². The van der Waals surface area contributed by atoms with Crippen molar-refractivity contribution in [3.8, 4) is 11.5 Å². The Morgan fingerprint density at radius 1 is 1.21 bits per heavy atom. The number of ether oxygens (including phenoxy) is 2. The minimum atomic E-state index is -0.599. The molecule has 2 N–H and O–H groups in total. The number of amides is 1. The van der Waals surface area contributed by atoms with E-state index >= 15 is 0 Å². The number of nitrogens with one attached hydrogen (secondary N) is 1. The summed E-state index contributed by atoms with van der Waals surface area (Å²) in [5.74, 6) is 0.311. The SMILES string of the molecule is C=C(C)[C@@H]1CCC(C)=C[C@H]1c1c(O)cc(CCCCC)cc1OC(=O)NCCCC(=O)OCC. The van der Waals surface area contributed by atoms with Gasteiger partial charge in [0, 0.05) is 24.4 Å². The molecule has 1 aromatic carbocycles. The summed E-state index contributed by atoms with van der Waals surface area (Å²) in [6.45, 7) is 12.8. The molecule has 1 amide bonds. The van der Waals surface area contributed by atoms with Crippen LogP contribution < -0.4 is 10.1 Å². The van der Waals surface area contributed by atoms with Crippen LogP contribution in [0.5, 0.6) is 11.5 Å². The smallest absolute Gasteiger partial charge is 0.412 e. The molecule has 0 unspecified atom stereocenters. The van der Waals surface area contributed by atoms with Crippen LogP contribution >= 0.6 is 0 Å². The second-order valence-electron chi connectivity index (χ2n) is 9.24. The predicted molar refractivity (Wildman–Crippen MR) is 135 cm³/mol. The Labute approximate surface area is 204 Å². The molecule has 0 fully saturated rings. The predicted octanol–water partition coefficient (Wildman–Crippen LogP) is 6.57. The summed E-state index contributed by atoms with van der Waals surface area (Å²) in [7, 11) is 0. The Bertz CT molecular complexity index is 889. The number of phenolic OH excluding ortho intramolecular Hbond substituents is 1. The molecule has 6 nitrogen and oxygen atoms in total. The number of hydrogen-bond acceptors (Lipinski definition) is 5. The second-order valence-corrected chi connectivity index (χ2v) is 9.24. The van der Waals surface area contributed by atoms with E-state index in [1.165, 1.54) is 5.57 Å². The first-order chi connectivity index (χ1) is 16.3. The maximum absolute atomic E-state index is 12.6. The summed E-state index contributed by atoms with van der Waals surface area (Å²) < 4.78 is 10.7. The fourth-order valence-electron chi connectivity index (χ4n) is 4.51. The summed E-state index contributed by atoms with van der Waals surface area (Å²) >= 11 is 0. The summed E-state index contributed by atoms with van der Waals surface area (Å²) in [5, 5.41) is 13.8. The molecule has 34 heavy (non-hydrogen) atoms. The van der Waals surface area contributed by atoms with E-state index in [0.717, 1.165) is 49.7 Å². The fourth-order valence-corrected chi connectivity index (χ4v) is 4.51. The van der Waals surface area contributed by atoms with Crippen molar-refractivity contribution in [2.75, 3.05) is 13.2 Å². The van der Waals surface area contributed by atoms with E-state index in [2.05, 4.69) is 31.8 Å². The van der Waals surface area contributed by atoms with Gasteiger partial charge >= 0.3 is 12.1 Å². The van der Waals surface area contributed by atoms with Crippen molar-refractivity contribution < 1.29 is 24.2 Å². The summed E-state index contributed by atoms with van der Waals surface area (Å²) in [4.78, 5) is 24.1. The normalized spacial score (nSPS) is 17.6. The van der Waals surface area contributed by atoms with Crippen LogP contribution in [0.1, 0.15) is 89.7 Å². The number of rotatable bonds is 12. The zero-order valence-corrected chi connectivity index (χ0v) is 21.2. The Balaban J connectivity index is 2.25. The lowest BCUT2D eigenvalue weighted by Crippen LogP contribution is -2.29. The number of hydrogen-bond donors (Lipinski definition) is 2. The van der Waals surface area contributed by atoms with Crippen LogP contribution in [0.3, 0.4) is 0 Å². The van der Waals surface area contributed by atoms with E-state index in [1.54, 1.807) is 6.92 Å². The van der Waals surface area contributed by atoms with Gasteiger partial charge in [-0.15, -0.1) is 0 Å². The first-order valence-electron chi connectivity index (χ1n) is 12.6. The number of unbranched alkanes of at least 4 members (excludes halogenated alkanes) is 2. The van der Waals surface area contributed by atoms with Gasteiger partial charge in [-0.05, 0) is 76.5 Å². The number of carbonyl (C=O) groups excluding carboxylic acids is 2. The van der Waals surface area contributed by atoms with Gasteiger partial charge in [0.15, 0.2) is 0 Å². The van der Waals surface area contributed by atoms with E-state index in [9.17, 15) is 14.7 Å². The van der Waals surface area contributed by atoms with E-state index < -0.39 is 6.09 Å². The molecule has 0 aliphatic heterocycles. The lowest BCUT2D eigenvalue weighted by molar-refractivity contribution is -0.143. The zero-order valence-electron chi connectivity index (χ0n) is 21.2. The molecule has 0 saturated heterocycles.